The van der Waals surface area contributed by atoms with Crippen LogP contribution in [0.1, 0.15) is 23.5 Å². The largest absolute Gasteiger partial charge is 0.361 e. The van der Waals surface area contributed by atoms with Crippen LogP contribution in [-0.2, 0) is 0 Å². The van der Waals surface area contributed by atoms with E-state index in [4.69, 9.17) is 6.57 Å². The van der Waals surface area contributed by atoms with Crippen molar-refractivity contribution in [3.63, 3.8) is 0 Å². The number of amides is 1. The molecule has 1 amide bonds. The van der Waals surface area contributed by atoms with Crippen molar-refractivity contribution in [3.05, 3.63) is 46.8 Å². The average molecular weight is 271 g/mol. The highest BCUT2D eigenvalue weighted by molar-refractivity contribution is 7.17. The van der Waals surface area contributed by atoms with E-state index in [1.807, 2.05) is 26.0 Å². The van der Waals surface area contributed by atoms with Crippen LogP contribution < -0.4 is 5.32 Å². The van der Waals surface area contributed by atoms with Crippen molar-refractivity contribution in [2.45, 2.75) is 19.9 Å². The van der Waals surface area contributed by atoms with Gasteiger partial charge in [-0.15, -0.1) is 16.3 Å². The topological polar surface area (TPSA) is 46.4 Å². The summed E-state index contributed by atoms with van der Waals surface area (Å²) in [6, 6.07) is 7.35. The third kappa shape index (κ3) is 3.18. The van der Waals surface area contributed by atoms with Crippen LogP contribution in [0.2, 0.25) is 0 Å². The first-order chi connectivity index (χ1) is 9.10. The lowest BCUT2D eigenvalue weighted by Gasteiger charge is -2.05. The predicted molar refractivity (Wildman–Crippen MR) is 76.4 cm³/mol. The van der Waals surface area contributed by atoms with Gasteiger partial charge in [0.1, 0.15) is 6.20 Å². The van der Waals surface area contributed by atoms with Gasteiger partial charge in [0.25, 0.3) is 11.7 Å². The van der Waals surface area contributed by atoms with Crippen molar-refractivity contribution in [2.75, 3.05) is 0 Å². The summed E-state index contributed by atoms with van der Waals surface area (Å²) < 4.78 is 0. The second-order valence-corrected chi connectivity index (χ2v) is 5.39. The summed E-state index contributed by atoms with van der Waals surface area (Å²) in [4.78, 5) is 20.8. The second kappa shape index (κ2) is 5.63. The van der Waals surface area contributed by atoms with Crippen LogP contribution in [-0.4, -0.2) is 16.9 Å². The summed E-state index contributed by atoms with van der Waals surface area (Å²) >= 11 is 1.42. The number of rotatable bonds is 3. The first kappa shape index (κ1) is 13.2. The molecule has 1 N–H and O–H groups in total. The van der Waals surface area contributed by atoms with Gasteiger partial charge in [-0.3, -0.25) is 4.79 Å². The Morgan fingerprint density at radius 1 is 1.37 bits per heavy atom. The highest BCUT2D eigenvalue weighted by atomic mass is 32.1. The number of thiophene rings is 1. The fraction of sp³-hybridized carbons (Fsp3) is 0.214. The molecule has 0 unspecified atom stereocenters. The number of carbonyl (C=O) groups excluding carboxylic acids is 1. The first-order valence-corrected chi connectivity index (χ1v) is 6.66. The summed E-state index contributed by atoms with van der Waals surface area (Å²) in [6.07, 6.45) is 1.66. The number of hydrogen-bond acceptors (Lipinski definition) is 3. The fourth-order valence-electron chi connectivity index (χ4n) is 1.55. The molecule has 4 nitrogen and oxygen atoms in total. The molecule has 0 bridgehead atoms. The average Bonchev–Trinajstić information content (AvgIpc) is 2.88. The Morgan fingerprint density at radius 2 is 2.16 bits per heavy atom. The standard InChI is InChI=1S/C14H13N3OS/c1-9(2)17-14(18)12-6-5-11(19-12)10-4-7-13(15-3)16-8-10/h4-9H,1-2H3,(H,17,18). The minimum Gasteiger partial charge on any atom is -0.361 e. The van der Waals surface area contributed by atoms with Crippen LogP contribution in [0, 0.1) is 6.57 Å². The minimum atomic E-state index is -0.0583. The number of hydrogen-bond donors (Lipinski definition) is 1. The van der Waals surface area contributed by atoms with Crippen molar-refractivity contribution in [2.24, 2.45) is 0 Å². The van der Waals surface area contributed by atoms with Crippen molar-refractivity contribution < 1.29 is 4.79 Å². The van der Waals surface area contributed by atoms with E-state index in [-0.39, 0.29) is 11.9 Å². The minimum absolute atomic E-state index is 0.0583. The molecule has 2 aromatic heterocycles. The zero-order valence-electron chi connectivity index (χ0n) is 10.7. The maximum Gasteiger partial charge on any atom is 0.269 e. The van der Waals surface area contributed by atoms with Gasteiger partial charge in [-0.25, -0.2) is 0 Å². The highest BCUT2D eigenvalue weighted by Gasteiger charge is 2.11. The molecule has 19 heavy (non-hydrogen) atoms. The van der Waals surface area contributed by atoms with E-state index in [2.05, 4.69) is 15.1 Å². The molecule has 5 heteroatoms. The third-order valence-electron chi connectivity index (χ3n) is 2.40. The van der Waals surface area contributed by atoms with Gasteiger partial charge in [0.15, 0.2) is 0 Å². The van der Waals surface area contributed by atoms with Crippen LogP contribution in [0.25, 0.3) is 15.3 Å². The zero-order valence-corrected chi connectivity index (χ0v) is 11.5. The molecule has 2 rings (SSSR count). The molecule has 0 aliphatic rings. The Labute approximate surface area is 115 Å². The second-order valence-electron chi connectivity index (χ2n) is 4.31. The summed E-state index contributed by atoms with van der Waals surface area (Å²) in [5.41, 5.74) is 0.918. The van der Waals surface area contributed by atoms with Crippen molar-refractivity contribution in [3.8, 4) is 10.4 Å². The van der Waals surface area contributed by atoms with Crippen LogP contribution in [0.3, 0.4) is 0 Å². The highest BCUT2D eigenvalue weighted by Crippen LogP contribution is 2.28. The molecule has 0 saturated carbocycles. The van der Waals surface area contributed by atoms with Crippen molar-refractivity contribution in [1.29, 1.82) is 0 Å². The summed E-state index contributed by atoms with van der Waals surface area (Å²) in [7, 11) is 0. The van der Waals surface area contributed by atoms with Crippen LogP contribution in [0.4, 0.5) is 5.82 Å². The Hall–Kier alpha value is -2.19. The van der Waals surface area contributed by atoms with Gasteiger partial charge in [0.05, 0.1) is 4.88 Å². The van der Waals surface area contributed by atoms with Gasteiger partial charge in [0, 0.05) is 16.5 Å². The van der Waals surface area contributed by atoms with Gasteiger partial charge < -0.3 is 10.2 Å². The van der Waals surface area contributed by atoms with E-state index >= 15 is 0 Å². The fourth-order valence-corrected chi connectivity index (χ4v) is 2.45. The van der Waals surface area contributed by atoms with Crippen LogP contribution >= 0.6 is 11.3 Å². The molecule has 0 saturated heterocycles. The molecular weight excluding hydrogens is 258 g/mol. The summed E-state index contributed by atoms with van der Waals surface area (Å²) in [6.45, 7) is 10.7. The lowest BCUT2D eigenvalue weighted by atomic mass is 10.2. The number of nitrogens with one attached hydrogen (secondary N) is 1. The first-order valence-electron chi connectivity index (χ1n) is 5.84. The number of pyridine rings is 1. The van der Waals surface area contributed by atoms with Gasteiger partial charge in [0.2, 0.25) is 0 Å². The zero-order chi connectivity index (χ0) is 13.8. The van der Waals surface area contributed by atoms with Crippen molar-refractivity contribution >= 4 is 23.1 Å². The normalized spacial score (nSPS) is 10.2. The number of aromatic nitrogens is 1. The molecule has 2 heterocycles. The van der Waals surface area contributed by atoms with E-state index in [1.54, 1.807) is 18.3 Å². The molecule has 0 aliphatic heterocycles. The number of carbonyl (C=O) groups is 1. The van der Waals surface area contributed by atoms with Crippen LogP contribution in [0.15, 0.2) is 30.5 Å². The molecule has 0 fully saturated rings. The summed E-state index contributed by atoms with van der Waals surface area (Å²) in [5.74, 6) is 0.315. The molecule has 0 spiro atoms. The summed E-state index contributed by atoms with van der Waals surface area (Å²) in [5, 5.41) is 2.86. The quantitative estimate of drug-likeness (QED) is 0.868. The van der Waals surface area contributed by atoms with E-state index in [9.17, 15) is 4.79 Å². The lowest BCUT2D eigenvalue weighted by molar-refractivity contribution is 0.0947. The van der Waals surface area contributed by atoms with Crippen LogP contribution in [0.5, 0.6) is 0 Å². The maximum atomic E-state index is 11.8. The molecule has 0 atom stereocenters. The van der Waals surface area contributed by atoms with Gasteiger partial charge in [-0.2, -0.15) is 0 Å². The molecule has 96 valence electrons. The van der Waals surface area contributed by atoms with E-state index in [0.29, 0.717) is 10.7 Å². The Kier molecular flexibility index (Phi) is 3.93. The van der Waals surface area contributed by atoms with Crippen molar-refractivity contribution in [1.82, 2.24) is 10.3 Å². The maximum absolute atomic E-state index is 11.8. The molecule has 0 radical (unpaired) electrons. The number of nitrogens with zero attached hydrogens (tertiary/aromatic N) is 2. The Balaban J connectivity index is 2.20. The monoisotopic (exact) mass is 271 g/mol. The molecule has 2 aromatic rings. The molecule has 0 aliphatic carbocycles. The van der Waals surface area contributed by atoms with Gasteiger partial charge >= 0.3 is 0 Å². The van der Waals surface area contributed by atoms with E-state index in [1.165, 1.54) is 11.3 Å². The Morgan fingerprint density at radius 3 is 2.74 bits per heavy atom. The molecule has 0 aromatic carbocycles. The Bertz CT molecular complexity index is 623. The van der Waals surface area contributed by atoms with E-state index in [0.717, 1.165) is 10.4 Å². The van der Waals surface area contributed by atoms with Gasteiger partial charge in [-0.05, 0) is 32.0 Å². The molecular formula is C14H13N3OS. The smallest absolute Gasteiger partial charge is 0.269 e. The lowest BCUT2D eigenvalue weighted by Crippen LogP contribution is -2.29. The van der Waals surface area contributed by atoms with Gasteiger partial charge in [-0.1, -0.05) is 12.6 Å². The van der Waals surface area contributed by atoms with E-state index < -0.39 is 0 Å². The predicted octanol–water partition coefficient (Wildman–Crippen LogP) is 3.50. The third-order valence-corrected chi connectivity index (χ3v) is 3.53. The SMILES string of the molecule is [C-]#[N+]c1ccc(-c2ccc(C(=O)NC(C)C)s2)cn1.